The van der Waals surface area contributed by atoms with Gasteiger partial charge in [-0.15, -0.1) is 0 Å². The monoisotopic (exact) mass is 270 g/mol. The van der Waals surface area contributed by atoms with E-state index < -0.39 is 10.0 Å². The predicted octanol–water partition coefficient (Wildman–Crippen LogP) is 1.35. The first kappa shape index (κ1) is 13.2. The molecule has 1 aromatic rings. The third-order valence-electron chi connectivity index (χ3n) is 3.15. The molecule has 0 spiro atoms. The Kier molecular flexibility index (Phi) is 3.49. The lowest BCUT2D eigenvalue weighted by Gasteiger charge is -2.15. The summed E-state index contributed by atoms with van der Waals surface area (Å²) in [4.78, 5) is 0.131. The largest absolute Gasteiger partial charge is 0.495 e. The number of methoxy groups -OCH3 is 1. The van der Waals surface area contributed by atoms with Crippen LogP contribution in [0.5, 0.6) is 5.75 Å². The minimum Gasteiger partial charge on any atom is -0.495 e. The highest BCUT2D eigenvalue weighted by molar-refractivity contribution is 7.89. The zero-order valence-corrected chi connectivity index (χ0v) is 11.3. The molecule has 0 heterocycles. The molecule has 0 radical (unpaired) electrons. The standard InChI is InChI=1S/C12H18N2O3S/c1-8(9-3-4-9)14-18(15,16)12-6-5-10(13)7-11(12)17-2/h5-9,14H,3-4,13H2,1-2H3. The fraction of sp³-hybridized carbons (Fsp3) is 0.500. The summed E-state index contributed by atoms with van der Waals surface area (Å²) < 4.78 is 32.2. The molecule has 1 saturated carbocycles. The Morgan fingerprint density at radius 1 is 1.44 bits per heavy atom. The summed E-state index contributed by atoms with van der Waals surface area (Å²) in [7, 11) is -2.13. The van der Waals surface area contributed by atoms with E-state index in [1.165, 1.54) is 19.2 Å². The van der Waals surface area contributed by atoms with Crippen molar-refractivity contribution in [1.82, 2.24) is 4.72 Å². The van der Waals surface area contributed by atoms with Gasteiger partial charge in [0.15, 0.2) is 0 Å². The minimum absolute atomic E-state index is 0.0442. The summed E-state index contributed by atoms with van der Waals surface area (Å²) in [6.07, 6.45) is 2.17. The average Bonchev–Trinajstić information content (AvgIpc) is 3.11. The van der Waals surface area contributed by atoms with Gasteiger partial charge in [0, 0.05) is 17.8 Å². The summed E-state index contributed by atoms with van der Waals surface area (Å²) in [6.45, 7) is 1.89. The van der Waals surface area contributed by atoms with Crippen LogP contribution in [-0.2, 0) is 10.0 Å². The maximum Gasteiger partial charge on any atom is 0.244 e. The highest BCUT2D eigenvalue weighted by Crippen LogP contribution is 2.34. The number of benzene rings is 1. The quantitative estimate of drug-likeness (QED) is 0.791. The smallest absolute Gasteiger partial charge is 0.244 e. The highest BCUT2D eigenvalue weighted by Gasteiger charge is 2.32. The molecule has 1 unspecified atom stereocenters. The molecule has 6 heteroatoms. The van der Waals surface area contributed by atoms with Crippen LogP contribution < -0.4 is 15.2 Å². The lowest BCUT2D eigenvalue weighted by atomic mass is 10.2. The van der Waals surface area contributed by atoms with E-state index in [9.17, 15) is 8.42 Å². The van der Waals surface area contributed by atoms with Gasteiger partial charge in [0.1, 0.15) is 10.6 Å². The minimum atomic E-state index is -3.55. The molecule has 0 aliphatic heterocycles. The molecule has 1 fully saturated rings. The van der Waals surface area contributed by atoms with E-state index in [1.54, 1.807) is 6.07 Å². The van der Waals surface area contributed by atoms with Crippen LogP contribution in [0.4, 0.5) is 5.69 Å². The number of nitrogens with one attached hydrogen (secondary N) is 1. The first-order chi connectivity index (χ1) is 8.44. The maximum atomic E-state index is 12.2. The maximum absolute atomic E-state index is 12.2. The number of ether oxygens (including phenoxy) is 1. The van der Waals surface area contributed by atoms with Gasteiger partial charge in [-0.1, -0.05) is 0 Å². The van der Waals surface area contributed by atoms with Crippen molar-refractivity contribution in [2.24, 2.45) is 5.92 Å². The zero-order chi connectivity index (χ0) is 13.3. The molecule has 3 N–H and O–H groups in total. The van der Waals surface area contributed by atoms with Gasteiger partial charge in [-0.2, -0.15) is 0 Å². The van der Waals surface area contributed by atoms with Gasteiger partial charge < -0.3 is 10.5 Å². The Morgan fingerprint density at radius 3 is 2.67 bits per heavy atom. The first-order valence-corrected chi connectivity index (χ1v) is 7.38. The van der Waals surface area contributed by atoms with Crippen molar-refractivity contribution in [2.45, 2.75) is 30.7 Å². The van der Waals surface area contributed by atoms with Crippen LogP contribution in [0.25, 0.3) is 0 Å². The first-order valence-electron chi connectivity index (χ1n) is 5.90. The van der Waals surface area contributed by atoms with Gasteiger partial charge in [0.2, 0.25) is 10.0 Å². The molecule has 0 aromatic heterocycles. The van der Waals surface area contributed by atoms with E-state index in [1.807, 2.05) is 6.92 Å². The number of sulfonamides is 1. The molecule has 1 aliphatic rings. The van der Waals surface area contributed by atoms with Crippen molar-refractivity contribution in [3.8, 4) is 5.75 Å². The van der Waals surface area contributed by atoms with E-state index in [-0.39, 0.29) is 16.7 Å². The fourth-order valence-electron chi connectivity index (χ4n) is 1.91. The van der Waals surface area contributed by atoms with Gasteiger partial charge >= 0.3 is 0 Å². The number of hydrogen-bond acceptors (Lipinski definition) is 4. The lowest BCUT2D eigenvalue weighted by Crippen LogP contribution is -2.34. The van der Waals surface area contributed by atoms with Crippen LogP contribution >= 0.6 is 0 Å². The summed E-state index contributed by atoms with van der Waals surface area (Å²) in [5.74, 6) is 0.727. The molecule has 100 valence electrons. The van der Waals surface area contributed by atoms with Crippen LogP contribution in [-0.4, -0.2) is 21.6 Å². The summed E-state index contributed by atoms with van der Waals surface area (Å²) in [6, 6.07) is 4.49. The van der Waals surface area contributed by atoms with Crippen molar-refractivity contribution < 1.29 is 13.2 Å². The van der Waals surface area contributed by atoms with Gasteiger partial charge in [0.25, 0.3) is 0 Å². The number of anilines is 1. The fourth-order valence-corrected chi connectivity index (χ4v) is 3.37. The molecule has 2 rings (SSSR count). The molecule has 18 heavy (non-hydrogen) atoms. The van der Waals surface area contributed by atoms with Gasteiger partial charge in [-0.25, -0.2) is 13.1 Å². The normalized spacial score (nSPS) is 17.4. The lowest BCUT2D eigenvalue weighted by molar-refractivity contribution is 0.402. The molecular weight excluding hydrogens is 252 g/mol. The topological polar surface area (TPSA) is 81.4 Å². The number of rotatable bonds is 5. The Labute approximate surface area is 107 Å². The Balaban J connectivity index is 2.28. The third-order valence-corrected chi connectivity index (χ3v) is 4.75. The van der Waals surface area contributed by atoms with Gasteiger partial charge in [0.05, 0.1) is 7.11 Å². The van der Waals surface area contributed by atoms with Gasteiger partial charge in [-0.05, 0) is 37.8 Å². The van der Waals surface area contributed by atoms with Crippen molar-refractivity contribution in [3.63, 3.8) is 0 Å². The molecule has 1 aliphatic carbocycles. The van der Waals surface area contributed by atoms with Gasteiger partial charge in [-0.3, -0.25) is 0 Å². The Morgan fingerprint density at radius 2 is 2.11 bits per heavy atom. The molecule has 0 bridgehead atoms. The Hall–Kier alpha value is -1.27. The van der Waals surface area contributed by atoms with Crippen LogP contribution in [0.2, 0.25) is 0 Å². The average molecular weight is 270 g/mol. The van der Waals surface area contributed by atoms with Crippen LogP contribution in [0.3, 0.4) is 0 Å². The van der Waals surface area contributed by atoms with Crippen molar-refractivity contribution in [3.05, 3.63) is 18.2 Å². The van der Waals surface area contributed by atoms with E-state index >= 15 is 0 Å². The second-order valence-corrected chi connectivity index (χ2v) is 6.34. The number of nitrogen functional groups attached to an aromatic ring is 1. The predicted molar refractivity (Wildman–Crippen MR) is 69.9 cm³/mol. The zero-order valence-electron chi connectivity index (χ0n) is 10.5. The molecule has 0 saturated heterocycles. The number of hydrogen-bond donors (Lipinski definition) is 2. The van der Waals surface area contributed by atoms with E-state index in [0.717, 1.165) is 12.8 Å². The molecule has 1 atom stereocenters. The van der Waals surface area contributed by atoms with E-state index in [0.29, 0.717) is 11.6 Å². The second kappa shape index (κ2) is 4.78. The SMILES string of the molecule is COc1cc(N)ccc1S(=O)(=O)NC(C)C1CC1. The number of nitrogens with two attached hydrogens (primary N) is 1. The van der Waals surface area contributed by atoms with Crippen LogP contribution in [0, 0.1) is 5.92 Å². The molecule has 5 nitrogen and oxygen atoms in total. The third kappa shape index (κ3) is 2.76. The summed E-state index contributed by atoms with van der Waals surface area (Å²) in [5, 5.41) is 0. The van der Waals surface area contributed by atoms with E-state index in [4.69, 9.17) is 10.5 Å². The van der Waals surface area contributed by atoms with Crippen LogP contribution in [0.15, 0.2) is 23.1 Å². The summed E-state index contributed by atoms with van der Waals surface area (Å²) >= 11 is 0. The van der Waals surface area contributed by atoms with Crippen LogP contribution in [0.1, 0.15) is 19.8 Å². The highest BCUT2D eigenvalue weighted by atomic mass is 32.2. The van der Waals surface area contributed by atoms with Crippen molar-refractivity contribution in [1.29, 1.82) is 0 Å². The Bertz CT molecular complexity index is 538. The van der Waals surface area contributed by atoms with Crippen molar-refractivity contribution >= 4 is 15.7 Å². The second-order valence-electron chi connectivity index (χ2n) is 4.66. The van der Waals surface area contributed by atoms with E-state index in [2.05, 4.69) is 4.72 Å². The summed E-state index contributed by atoms with van der Waals surface area (Å²) in [5.41, 5.74) is 6.08. The molecule has 0 amide bonds. The van der Waals surface area contributed by atoms with Crippen molar-refractivity contribution in [2.75, 3.05) is 12.8 Å². The molecular formula is C12H18N2O3S. The molecule has 1 aromatic carbocycles.